The fourth-order valence-electron chi connectivity index (χ4n) is 1.21. The van der Waals surface area contributed by atoms with Crippen LogP contribution in [0.3, 0.4) is 0 Å². The molecular formula is C12H18Na4O15. The first-order valence-corrected chi connectivity index (χ1v) is 6.65. The maximum absolute atomic E-state index is 11.3. The molecule has 0 radical (unpaired) electrons. The summed E-state index contributed by atoms with van der Waals surface area (Å²) in [7, 11) is 0. The van der Waals surface area contributed by atoms with E-state index in [4.69, 9.17) is 30.6 Å². The molecule has 5 atom stereocenters. The minimum atomic E-state index is -2.69. The first-order chi connectivity index (χ1) is 12.3. The Morgan fingerprint density at radius 1 is 0.548 bits per heavy atom. The van der Waals surface area contributed by atoms with Crippen LogP contribution in [0.15, 0.2) is 0 Å². The molecule has 7 N–H and O–H groups in total. The van der Waals surface area contributed by atoms with E-state index in [1.54, 1.807) is 0 Å². The molecule has 0 aliphatic rings. The van der Waals surface area contributed by atoms with E-state index in [0.29, 0.717) is 0 Å². The molecule has 160 valence electrons. The minimum absolute atomic E-state index is 0. The van der Waals surface area contributed by atoms with Crippen molar-refractivity contribution in [1.29, 1.82) is 0 Å². The molecule has 0 rings (SSSR count). The van der Waals surface area contributed by atoms with Crippen molar-refractivity contribution in [3.05, 3.63) is 0 Å². The molecule has 15 nitrogen and oxygen atoms in total. The van der Waals surface area contributed by atoms with Crippen molar-refractivity contribution < 1.29 is 74.0 Å². The molecule has 0 saturated heterocycles. The average Bonchev–Trinajstić information content (AvgIpc) is 2.58. The van der Waals surface area contributed by atoms with E-state index in [1.807, 2.05) is 0 Å². The van der Waals surface area contributed by atoms with Gasteiger partial charge in [0.2, 0.25) is 0 Å². The van der Waals surface area contributed by atoms with Gasteiger partial charge in [0.25, 0.3) is 0 Å². The van der Waals surface area contributed by atoms with Gasteiger partial charge in [0, 0.05) is 0 Å². The number of aliphatic hydroxyl groups excluding tert-OH is 5. The van der Waals surface area contributed by atoms with Gasteiger partial charge in [-0.2, -0.15) is 0 Å². The van der Waals surface area contributed by atoms with Crippen LogP contribution < -0.4 is 0 Å². The summed E-state index contributed by atoms with van der Waals surface area (Å²) in [5.41, 5.74) is 0. The fourth-order valence-corrected chi connectivity index (χ4v) is 1.21. The summed E-state index contributed by atoms with van der Waals surface area (Å²) in [6.07, 6.45) is -14.5. The second-order valence-electron chi connectivity index (χ2n) is 4.71. The molecule has 0 fully saturated rings. The van der Waals surface area contributed by atoms with Crippen LogP contribution in [0.5, 0.6) is 0 Å². The summed E-state index contributed by atoms with van der Waals surface area (Å²) in [6, 6.07) is 0. The SMILES string of the molecule is O=C(CC(O)C(=O)OC(=O)C(O)C(O)C(=O)O)OC(=O)C(O)C(O)C(=O)O.[NaH].[NaH].[NaH].[NaH]. The van der Waals surface area contributed by atoms with Gasteiger partial charge in [-0.1, -0.05) is 0 Å². The van der Waals surface area contributed by atoms with Gasteiger partial charge < -0.3 is 45.2 Å². The quantitative estimate of drug-likeness (QED) is 0.0891. The fraction of sp³-hybridized carbons (Fsp3) is 0.500. The van der Waals surface area contributed by atoms with Crippen LogP contribution >= 0.6 is 0 Å². The van der Waals surface area contributed by atoms with E-state index >= 15 is 0 Å². The Kier molecular flexibility index (Phi) is 27.8. The molecule has 31 heavy (non-hydrogen) atoms. The van der Waals surface area contributed by atoms with Gasteiger partial charge in [-0.25, -0.2) is 24.0 Å². The van der Waals surface area contributed by atoms with Crippen molar-refractivity contribution in [2.45, 2.75) is 36.9 Å². The molecule has 0 bridgehead atoms. The van der Waals surface area contributed by atoms with E-state index in [-0.39, 0.29) is 118 Å². The molecule has 0 aliphatic heterocycles. The Balaban J connectivity index is -0.000000563. The Hall–Kier alpha value is 1.02. The molecule has 0 amide bonds. The van der Waals surface area contributed by atoms with E-state index in [1.165, 1.54) is 0 Å². The van der Waals surface area contributed by atoms with Crippen molar-refractivity contribution in [3.8, 4) is 0 Å². The zero-order valence-electron chi connectivity index (χ0n) is 13.0. The number of aliphatic hydroxyl groups is 5. The van der Waals surface area contributed by atoms with Crippen molar-refractivity contribution in [2.75, 3.05) is 0 Å². The van der Waals surface area contributed by atoms with Crippen LogP contribution in [-0.2, 0) is 38.2 Å². The Morgan fingerprint density at radius 2 is 0.871 bits per heavy atom. The zero-order chi connectivity index (χ0) is 21.5. The van der Waals surface area contributed by atoms with Gasteiger partial charge in [-0.3, -0.25) is 4.79 Å². The molecule has 19 heteroatoms. The van der Waals surface area contributed by atoms with Crippen LogP contribution in [0, 0.1) is 0 Å². The van der Waals surface area contributed by atoms with Crippen LogP contribution in [0.2, 0.25) is 0 Å². The van der Waals surface area contributed by atoms with Crippen molar-refractivity contribution in [3.63, 3.8) is 0 Å². The maximum atomic E-state index is 11.3. The Labute approximate surface area is 261 Å². The number of carbonyl (C=O) groups excluding carboxylic acids is 4. The predicted octanol–water partition coefficient (Wildman–Crippen LogP) is -8.10. The topological polar surface area (TPSA) is 262 Å². The zero-order valence-corrected chi connectivity index (χ0v) is 13.0. The second kappa shape index (κ2) is 20.4. The molecular weight excluding hydrogens is 476 g/mol. The van der Waals surface area contributed by atoms with Crippen LogP contribution in [-0.4, -0.2) is 220 Å². The standard InChI is InChI=1S/C12H14O15.4Na.4H/c13-2(10(23)27-12(25)7(18)5(16)9(21)22)1-3(14)26-11(24)6(17)4(15)8(19)20;;;;;;;;/h2,4-7,13,15-18H,1H2,(H,19,20)(H,21,22);;;;;;;;. The first-order valence-electron chi connectivity index (χ1n) is 6.65. The summed E-state index contributed by atoms with van der Waals surface area (Å²) < 4.78 is 7.66. The number of esters is 4. The summed E-state index contributed by atoms with van der Waals surface area (Å²) in [5, 5.41) is 61.9. The van der Waals surface area contributed by atoms with Crippen molar-refractivity contribution >= 4 is 154 Å². The summed E-state index contributed by atoms with van der Waals surface area (Å²) in [5.74, 6) is -11.6. The van der Waals surface area contributed by atoms with Gasteiger partial charge in [-0.15, -0.1) is 0 Å². The average molecular weight is 494 g/mol. The van der Waals surface area contributed by atoms with E-state index in [0.717, 1.165) is 0 Å². The summed E-state index contributed by atoms with van der Waals surface area (Å²) >= 11 is 0. The number of aliphatic carboxylic acids is 2. The molecule has 5 unspecified atom stereocenters. The number of carboxylic acids is 2. The van der Waals surface area contributed by atoms with E-state index < -0.39 is 72.8 Å². The molecule has 0 aromatic carbocycles. The van der Waals surface area contributed by atoms with E-state index in [9.17, 15) is 33.9 Å². The monoisotopic (exact) mass is 494 g/mol. The number of ether oxygens (including phenoxy) is 2. The number of carboxylic acid groups (broad SMARTS) is 2. The Morgan fingerprint density at radius 3 is 1.19 bits per heavy atom. The van der Waals surface area contributed by atoms with Crippen molar-refractivity contribution in [2.24, 2.45) is 0 Å². The van der Waals surface area contributed by atoms with E-state index in [2.05, 4.69) is 9.47 Å². The predicted molar refractivity (Wildman–Crippen MR) is 101 cm³/mol. The van der Waals surface area contributed by atoms with Gasteiger partial charge in [-0.05, 0) is 0 Å². The molecule has 0 saturated carbocycles. The third-order valence-corrected chi connectivity index (χ3v) is 2.63. The number of hydrogen-bond acceptors (Lipinski definition) is 13. The normalized spacial score (nSPS) is 14.1. The molecule has 0 aromatic heterocycles. The number of hydrogen-bond donors (Lipinski definition) is 7. The third-order valence-electron chi connectivity index (χ3n) is 2.63. The molecule has 0 aliphatic carbocycles. The third kappa shape index (κ3) is 15.5. The second-order valence-corrected chi connectivity index (χ2v) is 4.71. The Bertz CT molecular complexity index is 641. The summed E-state index contributed by atoms with van der Waals surface area (Å²) in [6.45, 7) is 0. The van der Waals surface area contributed by atoms with Crippen LogP contribution in [0.1, 0.15) is 6.42 Å². The summed E-state index contributed by atoms with van der Waals surface area (Å²) in [4.78, 5) is 65.6. The molecule has 0 spiro atoms. The van der Waals surface area contributed by atoms with Gasteiger partial charge in [0.05, 0.1) is 6.42 Å². The van der Waals surface area contributed by atoms with Crippen molar-refractivity contribution in [1.82, 2.24) is 0 Å². The molecule has 0 heterocycles. The molecule has 0 aromatic rings. The first kappa shape index (κ1) is 42.2. The van der Waals surface area contributed by atoms with Gasteiger partial charge in [0.15, 0.2) is 30.5 Å². The number of rotatable bonds is 9. The van der Waals surface area contributed by atoms with Crippen LogP contribution in [0.4, 0.5) is 0 Å². The van der Waals surface area contributed by atoms with Gasteiger partial charge in [0.1, 0.15) is 0 Å². The van der Waals surface area contributed by atoms with Gasteiger partial charge >= 0.3 is 154 Å². The van der Waals surface area contributed by atoms with Crippen LogP contribution in [0.25, 0.3) is 0 Å². The number of carbonyl (C=O) groups is 6.